The number of aromatic nitrogens is 2. The molecule has 0 unspecified atom stereocenters. The average Bonchev–Trinajstić information content (AvgIpc) is 3.13. The molecule has 15 heteroatoms. The zero-order valence-electron chi connectivity index (χ0n) is 19.9. The van der Waals surface area contributed by atoms with Gasteiger partial charge in [0.25, 0.3) is 5.56 Å². The smallest absolute Gasteiger partial charge is 0.726 e. The minimum atomic E-state index is -4.85. The molecule has 3 rings (SSSR count). The van der Waals surface area contributed by atoms with Crippen molar-refractivity contribution >= 4 is 10.4 Å². The summed E-state index contributed by atoms with van der Waals surface area (Å²) in [6, 6.07) is 9.17. The third-order valence-corrected chi connectivity index (χ3v) is 5.75. The van der Waals surface area contributed by atoms with Crippen LogP contribution in [0.5, 0.6) is 0 Å². The third kappa shape index (κ3) is 8.03. The van der Waals surface area contributed by atoms with Crippen molar-refractivity contribution in [1.82, 2.24) is 9.13 Å². The first-order valence-electron chi connectivity index (χ1n) is 10.7. The van der Waals surface area contributed by atoms with Gasteiger partial charge in [-0.3, -0.25) is 13.5 Å². The molecule has 0 saturated carbocycles. The second-order valence-corrected chi connectivity index (χ2v) is 8.91. The van der Waals surface area contributed by atoms with Gasteiger partial charge in [-0.15, -0.1) is 0 Å². The van der Waals surface area contributed by atoms with Crippen molar-refractivity contribution in [2.45, 2.75) is 51.2 Å². The van der Waals surface area contributed by atoms with Crippen LogP contribution in [-0.2, 0) is 42.1 Å². The Kier molecular flexibility index (Phi) is 11.9. The van der Waals surface area contributed by atoms with Crippen molar-refractivity contribution < 1.29 is 71.1 Å². The monoisotopic (exact) mass is 538 g/mol. The summed E-state index contributed by atoms with van der Waals surface area (Å²) in [5.41, 5.74) is -0.293. The molecule has 2 N–H and O–H groups in total. The second-order valence-electron chi connectivity index (χ2n) is 7.86. The van der Waals surface area contributed by atoms with Gasteiger partial charge in [0.15, 0.2) is 6.23 Å². The Morgan fingerprint density at radius 3 is 2.50 bits per heavy atom. The predicted molar refractivity (Wildman–Crippen MR) is 118 cm³/mol. The van der Waals surface area contributed by atoms with E-state index in [1.54, 1.807) is 0 Å². The minimum absolute atomic E-state index is 0. The number of rotatable bonds is 12. The summed E-state index contributed by atoms with van der Waals surface area (Å²) in [5, 5.41) is 20.1. The Morgan fingerprint density at radius 2 is 1.86 bits per heavy atom. The molecular formula is C21H27N2NaO11S. The molecule has 1 fully saturated rings. The molecule has 194 valence electrons. The molecule has 0 bridgehead atoms. The molecule has 4 atom stereocenters. The fraction of sp³-hybridized carbons (Fsp3) is 0.524. The van der Waals surface area contributed by atoms with Gasteiger partial charge < -0.3 is 29.0 Å². The number of aliphatic hydroxyl groups is 2. The summed E-state index contributed by atoms with van der Waals surface area (Å²) in [7, 11) is -4.85. The van der Waals surface area contributed by atoms with Crippen LogP contribution in [0.25, 0.3) is 0 Å². The van der Waals surface area contributed by atoms with E-state index in [2.05, 4.69) is 4.18 Å². The molecule has 2 aromatic rings. The van der Waals surface area contributed by atoms with E-state index in [-0.39, 0.29) is 61.5 Å². The van der Waals surface area contributed by atoms with E-state index >= 15 is 0 Å². The van der Waals surface area contributed by atoms with Gasteiger partial charge in [-0.2, -0.15) is 0 Å². The fourth-order valence-corrected chi connectivity index (χ4v) is 3.92. The molecule has 0 radical (unpaired) electrons. The summed E-state index contributed by atoms with van der Waals surface area (Å²) < 4.78 is 54.4. The predicted octanol–water partition coefficient (Wildman–Crippen LogP) is -4.00. The number of aliphatic hydroxyl groups excluding tert-OH is 2. The topological polar surface area (TPSA) is 179 Å². The number of hydrogen-bond donors (Lipinski definition) is 2. The van der Waals surface area contributed by atoms with Crippen molar-refractivity contribution in [3.8, 4) is 0 Å². The maximum Gasteiger partial charge on any atom is 1.00 e. The van der Waals surface area contributed by atoms with Crippen LogP contribution in [0.3, 0.4) is 0 Å². The molecule has 13 nitrogen and oxygen atoms in total. The number of aryl methyl sites for hydroxylation is 1. The largest absolute Gasteiger partial charge is 1.00 e. The van der Waals surface area contributed by atoms with Crippen LogP contribution in [0.1, 0.15) is 23.8 Å². The van der Waals surface area contributed by atoms with Gasteiger partial charge in [0.2, 0.25) is 10.4 Å². The summed E-state index contributed by atoms with van der Waals surface area (Å²) >= 11 is 0. The second kappa shape index (κ2) is 13.9. The van der Waals surface area contributed by atoms with Gasteiger partial charge in [-0.25, -0.2) is 17.8 Å². The Hall–Kier alpha value is -1.43. The van der Waals surface area contributed by atoms with Crippen molar-refractivity contribution in [1.29, 1.82) is 0 Å². The van der Waals surface area contributed by atoms with Crippen molar-refractivity contribution in [3.05, 3.63) is 68.5 Å². The van der Waals surface area contributed by atoms with Crippen molar-refractivity contribution in [2.75, 3.05) is 19.8 Å². The summed E-state index contributed by atoms with van der Waals surface area (Å²) in [6.07, 6.45) is -3.52. The average molecular weight is 539 g/mol. The molecule has 0 aliphatic carbocycles. The summed E-state index contributed by atoms with van der Waals surface area (Å²) in [4.78, 5) is 25.8. The number of ether oxygens (including phenoxy) is 3. The van der Waals surface area contributed by atoms with Crippen LogP contribution >= 0.6 is 0 Å². The zero-order chi connectivity index (χ0) is 25.6. The van der Waals surface area contributed by atoms with Crippen LogP contribution in [0, 0.1) is 6.92 Å². The van der Waals surface area contributed by atoms with Gasteiger partial charge in [0, 0.05) is 18.4 Å². The summed E-state index contributed by atoms with van der Waals surface area (Å²) in [5.74, 6) is 0. The van der Waals surface area contributed by atoms with E-state index in [9.17, 15) is 32.8 Å². The standard InChI is InChI=1S/C21H28N2O11S.Na/c1-14-10-22(21(27)23(19(14)26)13-31-12-15-6-3-2-4-7-15)20-18(17(25)16(11-24)34-20)32-8-5-9-33-35(28,29)30;/h2-4,6-7,10,16-18,20,24-25H,5,8-9,11-13H2,1H3,(H,28,29,30);/q;+1/p-1/t16-,17-,18-,20-;/m1./s1. The maximum absolute atomic E-state index is 13.2. The molecular weight excluding hydrogens is 511 g/mol. The van der Waals surface area contributed by atoms with Crippen LogP contribution in [0.2, 0.25) is 0 Å². The van der Waals surface area contributed by atoms with Crippen LogP contribution < -0.4 is 40.8 Å². The van der Waals surface area contributed by atoms with Crippen LogP contribution in [0.4, 0.5) is 0 Å². The number of nitrogens with zero attached hydrogens (tertiary/aromatic N) is 2. The minimum Gasteiger partial charge on any atom is -0.726 e. The van der Waals surface area contributed by atoms with Crippen LogP contribution in [0.15, 0.2) is 46.1 Å². The Balaban J connectivity index is 0.00000456. The summed E-state index contributed by atoms with van der Waals surface area (Å²) in [6.45, 7) is 0.174. The van der Waals surface area contributed by atoms with Gasteiger partial charge in [-0.1, -0.05) is 30.3 Å². The molecule has 1 aliphatic rings. The molecule has 36 heavy (non-hydrogen) atoms. The Morgan fingerprint density at radius 1 is 1.17 bits per heavy atom. The van der Waals surface area contributed by atoms with E-state index in [1.807, 2.05) is 30.3 Å². The Labute approximate surface area is 229 Å². The van der Waals surface area contributed by atoms with Crippen molar-refractivity contribution in [2.24, 2.45) is 0 Å². The molecule has 2 heterocycles. The first-order chi connectivity index (χ1) is 16.6. The first kappa shape index (κ1) is 30.8. The molecule has 0 amide bonds. The SMILES string of the molecule is Cc1cn([C@@H]2O[C@H](CO)[C@@H](O)[C@H]2OCCCOS(=O)(=O)[O-])c(=O)n(COCc2ccccc2)c1=O.[Na+]. The fourth-order valence-electron chi connectivity index (χ4n) is 3.60. The van der Waals surface area contributed by atoms with Crippen LogP contribution in [-0.4, -0.2) is 70.5 Å². The zero-order valence-corrected chi connectivity index (χ0v) is 22.7. The van der Waals surface area contributed by atoms with Gasteiger partial charge in [0.05, 0.1) is 19.8 Å². The molecule has 1 aromatic carbocycles. The van der Waals surface area contributed by atoms with E-state index in [1.165, 1.54) is 13.1 Å². The quantitative estimate of drug-likeness (QED) is 0.116. The van der Waals surface area contributed by atoms with Crippen molar-refractivity contribution in [3.63, 3.8) is 0 Å². The third-order valence-electron chi connectivity index (χ3n) is 5.29. The number of benzene rings is 1. The van der Waals surface area contributed by atoms with E-state index in [0.29, 0.717) is 0 Å². The molecule has 1 aromatic heterocycles. The van der Waals surface area contributed by atoms with Gasteiger partial charge in [0.1, 0.15) is 25.0 Å². The van der Waals surface area contributed by atoms with Gasteiger partial charge >= 0.3 is 35.2 Å². The number of hydrogen-bond acceptors (Lipinski definition) is 11. The maximum atomic E-state index is 13.2. The van der Waals surface area contributed by atoms with E-state index in [4.69, 9.17) is 14.2 Å². The molecule has 1 saturated heterocycles. The first-order valence-corrected chi connectivity index (χ1v) is 12.1. The normalized spacial score (nSPS) is 21.9. The van der Waals surface area contributed by atoms with Gasteiger partial charge in [-0.05, 0) is 18.9 Å². The molecule has 0 spiro atoms. The van der Waals surface area contributed by atoms with E-state index in [0.717, 1.165) is 14.7 Å². The molecule has 1 aliphatic heterocycles. The Bertz CT molecular complexity index is 1200. The van der Waals surface area contributed by atoms with E-state index < -0.39 is 59.4 Å².